The minimum absolute atomic E-state index is 0.149. The molecule has 1 aromatic rings. The molecule has 0 amide bonds. The van der Waals surface area contributed by atoms with Gasteiger partial charge in [0.25, 0.3) is 0 Å². The first kappa shape index (κ1) is 15.9. The lowest BCUT2D eigenvalue weighted by Gasteiger charge is -2.33. The van der Waals surface area contributed by atoms with Crippen LogP contribution in [-0.2, 0) is 16.1 Å². The smallest absolute Gasteiger partial charge is 0.306 e. The number of hydrogen-bond acceptors (Lipinski definition) is 7. The fourth-order valence-electron chi connectivity index (χ4n) is 2.28. The molecule has 0 aliphatic carbocycles. The van der Waals surface area contributed by atoms with Gasteiger partial charge < -0.3 is 14.2 Å². The van der Waals surface area contributed by atoms with Gasteiger partial charge in [-0.2, -0.15) is 4.98 Å². The predicted octanol–water partition coefficient (Wildman–Crippen LogP) is 0.874. The van der Waals surface area contributed by atoms with Crippen molar-refractivity contribution in [1.82, 2.24) is 19.9 Å². The monoisotopic (exact) mass is 296 g/mol. The van der Waals surface area contributed by atoms with Crippen molar-refractivity contribution in [2.75, 3.05) is 39.8 Å². The maximum Gasteiger partial charge on any atom is 0.306 e. The molecule has 0 spiro atoms. The molecule has 0 N–H and O–H groups in total. The summed E-state index contributed by atoms with van der Waals surface area (Å²) in [6, 6.07) is 0. The van der Waals surface area contributed by atoms with E-state index in [9.17, 15) is 4.79 Å². The van der Waals surface area contributed by atoms with Gasteiger partial charge in [0, 0.05) is 38.6 Å². The standard InChI is InChI=1S/C14H24N4O3/c1-11(2)14-15-12(21-16-14)10-18-8-6-17(7-9-18)5-4-13(19)20-3/h11H,4-10H2,1-3H3. The van der Waals surface area contributed by atoms with E-state index >= 15 is 0 Å². The molecule has 21 heavy (non-hydrogen) atoms. The first-order valence-corrected chi connectivity index (χ1v) is 7.42. The molecular weight excluding hydrogens is 272 g/mol. The zero-order valence-corrected chi connectivity index (χ0v) is 13.0. The van der Waals surface area contributed by atoms with E-state index in [0.29, 0.717) is 18.9 Å². The van der Waals surface area contributed by atoms with Gasteiger partial charge in [-0.25, -0.2) is 0 Å². The zero-order valence-electron chi connectivity index (χ0n) is 13.0. The largest absolute Gasteiger partial charge is 0.469 e. The minimum atomic E-state index is -0.149. The summed E-state index contributed by atoms with van der Waals surface area (Å²) in [6.07, 6.45) is 0.456. The van der Waals surface area contributed by atoms with E-state index in [0.717, 1.165) is 38.5 Å². The second kappa shape index (κ2) is 7.51. The van der Waals surface area contributed by atoms with Crippen LogP contribution in [0.1, 0.15) is 37.9 Å². The third kappa shape index (κ3) is 4.78. The highest BCUT2D eigenvalue weighted by Gasteiger charge is 2.20. The minimum Gasteiger partial charge on any atom is -0.469 e. The number of esters is 1. The second-order valence-electron chi connectivity index (χ2n) is 5.64. The Kier molecular flexibility index (Phi) is 5.69. The topological polar surface area (TPSA) is 71.7 Å². The average molecular weight is 296 g/mol. The highest BCUT2D eigenvalue weighted by Crippen LogP contribution is 2.12. The lowest BCUT2D eigenvalue weighted by atomic mass is 10.2. The van der Waals surface area contributed by atoms with Crippen molar-refractivity contribution < 1.29 is 14.1 Å². The van der Waals surface area contributed by atoms with Crippen LogP contribution in [0.25, 0.3) is 0 Å². The first-order chi connectivity index (χ1) is 10.1. The van der Waals surface area contributed by atoms with E-state index < -0.39 is 0 Å². The van der Waals surface area contributed by atoms with Gasteiger partial charge in [0.1, 0.15) is 0 Å². The van der Waals surface area contributed by atoms with E-state index in [4.69, 9.17) is 4.52 Å². The summed E-state index contributed by atoms with van der Waals surface area (Å²) in [5, 5.41) is 3.98. The molecule has 0 saturated carbocycles. The highest BCUT2D eigenvalue weighted by atomic mass is 16.5. The van der Waals surface area contributed by atoms with Crippen LogP contribution in [0.5, 0.6) is 0 Å². The Balaban J connectivity index is 1.72. The first-order valence-electron chi connectivity index (χ1n) is 7.42. The fraction of sp³-hybridized carbons (Fsp3) is 0.786. The van der Waals surface area contributed by atoms with E-state index in [1.807, 2.05) is 0 Å². The molecule has 0 bridgehead atoms. The number of rotatable bonds is 6. The molecule has 2 heterocycles. The predicted molar refractivity (Wildman–Crippen MR) is 76.7 cm³/mol. The van der Waals surface area contributed by atoms with Gasteiger partial charge in [-0.1, -0.05) is 19.0 Å². The van der Waals surface area contributed by atoms with Gasteiger partial charge in [0.15, 0.2) is 5.82 Å². The normalized spacial score (nSPS) is 17.3. The van der Waals surface area contributed by atoms with Gasteiger partial charge >= 0.3 is 5.97 Å². The Labute approximate surface area is 125 Å². The molecule has 0 radical (unpaired) electrons. The zero-order chi connectivity index (χ0) is 15.2. The fourth-order valence-corrected chi connectivity index (χ4v) is 2.28. The summed E-state index contributed by atoms with van der Waals surface area (Å²) in [5.74, 6) is 1.59. The molecule has 1 aliphatic heterocycles. The lowest BCUT2D eigenvalue weighted by Crippen LogP contribution is -2.46. The van der Waals surface area contributed by atoms with Crippen LogP contribution in [-0.4, -0.2) is 65.7 Å². The lowest BCUT2D eigenvalue weighted by molar-refractivity contribution is -0.141. The number of carbonyl (C=O) groups excluding carboxylic acids is 1. The Morgan fingerprint density at radius 1 is 1.29 bits per heavy atom. The molecule has 7 nitrogen and oxygen atoms in total. The summed E-state index contributed by atoms with van der Waals surface area (Å²) in [4.78, 5) is 20.1. The third-order valence-corrected chi connectivity index (χ3v) is 3.68. The van der Waals surface area contributed by atoms with Gasteiger partial charge in [0.05, 0.1) is 20.1 Å². The molecule has 2 rings (SSSR count). The van der Waals surface area contributed by atoms with Crippen LogP contribution in [0.2, 0.25) is 0 Å². The highest BCUT2D eigenvalue weighted by molar-refractivity contribution is 5.69. The average Bonchev–Trinajstić information content (AvgIpc) is 2.95. The summed E-state index contributed by atoms with van der Waals surface area (Å²) in [7, 11) is 1.43. The molecule has 1 aliphatic rings. The van der Waals surface area contributed by atoms with E-state index in [-0.39, 0.29) is 11.9 Å². The Morgan fingerprint density at radius 2 is 1.95 bits per heavy atom. The van der Waals surface area contributed by atoms with Gasteiger partial charge in [-0.05, 0) is 0 Å². The maximum atomic E-state index is 11.1. The number of ether oxygens (including phenoxy) is 1. The SMILES string of the molecule is COC(=O)CCN1CCN(Cc2nc(C(C)C)no2)CC1. The Morgan fingerprint density at radius 3 is 2.52 bits per heavy atom. The molecule has 118 valence electrons. The maximum absolute atomic E-state index is 11.1. The van der Waals surface area contributed by atoms with Crippen LogP contribution in [0.4, 0.5) is 0 Å². The van der Waals surface area contributed by atoms with Crippen molar-refractivity contribution >= 4 is 5.97 Å². The second-order valence-corrected chi connectivity index (χ2v) is 5.64. The molecule has 0 unspecified atom stereocenters. The summed E-state index contributed by atoms with van der Waals surface area (Å²) >= 11 is 0. The van der Waals surface area contributed by atoms with Crippen molar-refractivity contribution in [3.8, 4) is 0 Å². The quantitative estimate of drug-likeness (QED) is 0.721. The molecule has 1 saturated heterocycles. The molecule has 0 aromatic carbocycles. The van der Waals surface area contributed by atoms with Crippen LogP contribution in [0.3, 0.4) is 0 Å². The molecule has 0 atom stereocenters. The molecule has 1 aromatic heterocycles. The summed E-state index contributed by atoms with van der Waals surface area (Å²) in [5.41, 5.74) is 0. The Hall–Kier alpha value is -1.47. The summed E-state index contributed by atoms with van der Waals surface area (Å²) in [6.45, 7) is 9.35. The van der Waals surface area contributed by atoms with Crippen molar-refractivity contribution in [3.63, 3.8) is 0 Å². The number of nitrogens with zero attached hydrogens (tertiary/aromatic N) is 4. The number of carbonyl (C=O) groups is 1. The van der Waals surface area contributed by atoms with Crippen molar-refractivity contribution in [2.45, 2.75) is 32.7 Å². The summed E-state index contributed by atoms with van der Waals surface area (Å²) < 4.78 is 9.93. The number of piperazine rings is 1. The van der Waals surface area contributed by atoms with Crippen molar-refractivity contribution in [3.05, 3.63) is 11.7 Å². The van der Waals surface area contributed by atoms with Crippen LogP contribution >= 0.6 is 0 Å². The molecule has 7 heteroatoms. The molecule has 1 fully saturated rings. The van der Waals surface area contributed by atoms with Crippen molar-refractivity contribution in [1.29, 1.82) is 0 Å². The van der Waals surface area contributed by atoms with Gasteiger partial charge in [-0.15, -0.1) is 0 Å². The van der Waals surface area contributed by atoms with Gasteiger partial charge in [0.2, 0.25) is 5.89 Å². The number of methoxy groups -OCH3 is 1. The Bertz CT molecular complexity index is 453. The van der Waals surface area contributed by atoms with E-state index in [1.165, 1.54) is 7.11 Å². The van der Waals surface area contributed by atoms with Crippen molar-refractivity contribution in [2.24, 2.45) is 0 Å². The van der Waals surface area contributed by atoms with E-state index in [2.05, 4.69) is 38.5 Å². The molecular formula is C14H24N4O3. The van der Waals surface area contributed by atoms with Gasteiger partial charge in [-0.3, -0.25) is 9.69 Å². The van der Waals surface area contributed by atoms with Crippen LogP contribution < -0.4 is 0 Å². The van der Waals surface area contributed by atoms with Crippen LogP contribution in [0, 0.1) is 0 Å². The number of hydrogen-bond donors (Lipinski definition) is 0. The third-order valence-electron chi connectivity index (χ3n) is 3.68. The van der Waals surface area contributed by atoms with E-state index in [1.54, 1.807) is 0 Å². The van der Waals surface area contributed by atoms with Crippen LogP contribution in [0.15, 0.2) is 4.52 Å². The number of aromatic nitrogens is 2.